The molecule has 0 bridgehead atoms. The average Bonchev–Trinajstić information content (AvgIpc) is 2.90. The Bertz CT molecular complexity index is 748. The van der Waals surface area contributed by atoms with E-state index in [1.807, 2.05) is 60.7 Å². The highest BCUT2D eigenvalue weighted by Crippen LogP contribution is 2.31. The molecule has 3 heteroatoms. The van der Waals surface area contributed by atoms with E-state index in [1.54, 1.807) is 11.9 Å². The summed E-state index contributed by atoms with van der Waals surface area (Å²) in [5.74, 6) is 2.66. The third kappa shape index (κ3) is 2.96. The van der Waals surface area contributed by atoms with Crippen LogP contribution in [0, 0.1) is 12.3 Å². The van der Waals surface area contributed by atoms with Crippen molar-refractivity contribution in [3.8, 4) is 12.3 Å². The molecule has 0 N–H and O–H groups in total. The van der Waals surface area contributed by atoms with Crippen molar-refractivity contribution in [1.29, 1.82) is 0 Å². The molecule has 0 spiro atoms. The van der Waals surface area contributed by atoms with E-state index in [0.717, 1.165) is 16.8 Å². The highest BCUT2D eigenvalue weighted by atomic mass is 16.2. The topological polar surface area (TPSA) is 32.7 Å². The molecule has 1 unspecified atom stereocenters. The molecule has 0 aromatic heterocycles. The lowest BCUT2D eigenvalue weighted by molar-refractivity contribution is -0.130. The van der Waals surface area contributed by atoms with Gasteiger partial charge in [-0.2, -0.15) is 0 Å². The van der Waals surface area contributed by atoms with Crippen LogP contribution in [0.3, 0.4) is 0 Å². The molecule has 0 aliphatic carbocycles. The van der Waals surface area contributed by atoms with Crippen LogP contribution in [0.2, 0.25) is 0 Å². The molecule has 2 aromatic rings. The Kier molecular flexibility index (Phi) is 4.48. The molecule has 2 aromatic carbocycles. The Hall–Kier alpha value is -2.86. The predicted octanol–water partition coefficient (Wildman–Crippen LogP) is 3.15. The first-order chi connectivity index (χ1) is 11.7. The quantitative estimate of drug-likeness (QED) is 0.630. The van der Waals surface area contributed by atoms with Gasteiger partial charge in [0.15, 0.2) is 5.54 Å². The number of hydrogen-bond acceptors (Lipinski definition) is 2. The summed E-state index contributed by atoms with van der Waals surface area (Å²) in [5, 5.41) is 0. The molecule has 1 heterocycles. The van der Waals surface area contributed by atoms with Crippen LogP contribution in [0.4, 0.5) is 0 Å². The molecule has 3 rings (SSSR count). The van der Waals surface area contributed by atoms with Gasteiger partial charge in [-0.1, -0.05) is 60.7 Å². The number of benzene rings is 2. The summed E-state index contributed by atoms with van der Waals surface area (Å²) in [6, 6.07) is 19.9. The van der Waals surface area contributed by atoms with Gasteiger partial charge in [0.05, 0.1) is 5.71 Å². The van der Waals surface area contributed by atoms with Gasteiger partial charge in [0, 0.05) is 37.6 Å². The first kappa shape index (κ1) is 16.0. The molecule has 1 aliphatic heterocycles. The minimum Gasteiger partial charge on any atom is -0.344 e. The molecule has 1 saturated heterocycles. The van der Waals surface area contributed by atoms with Crippen LogP contribution in [0.15, 0.2) is 65.7 Å². The van der Waals surface area contributed by atoms with Crippen molar-refractivity contribution in [2.75, 3.05) is 13.6 Å². The van der Waals surface area contributed by atoms with E-state index in [1.165, 1.54) is 0 Å². The van der Waals surface area contributed by atoms with Crippen LogP contribution in [0.25, 0.3) is 0 Å². The number of rotatable bonds is 4. The minimum atomic E-state index is -0.857. The Labute approximate surface area is 143 Å². The van der Waals surface area contributed by atoms with Gasteiger partial charge < -0.3 is 4.90 Å². The van der Waals surface area contributed by atoms with E-state index in [0.29, 0.717) is 19.4 Å². The second kappa shape index (κ2) is 6.72. The highest BCUT2D eigenvalue weighted by Gasteiger charge is 2.45. The summed E-state index contributed by atoms with van der Waals surface area (Å²) < 4.78 is 0. The van der Waals surface area contributed by atoms with Crippen molar-refractivity contribution in [2.45, 2.75) is 18.4 Å². The number of hydrogen-bond donors (Lipinski definition) is 0. The second-order valence-corrected chi connectivity index (χ2v) is 6.08. The number of nitrogens with zero attached hydrogens (tertiary/aromatic N) is 2. The van der Waals surface area contributed by atoms with Gasteiger partial charge in [0.2, 0.25) is 0 Å². The highest BCUT2D eigenvalue weighted by molar-refractivity contribution is 6.14. The lowest BCUT2D eigenvalue weighted by atomic mass is 9.92. The van der Waals surface area contributed by atoms with Gasteiger partial charge in [-0.3, -0.25) is 9.79 Å². The van der Waals surface area contributed by atoms with Gasteiger partial charge in [0.25, 0.3) is 5.91 Å². The maximum absolute atomic E-state index is 12.7. The van der Waals surface area contributed by atoms with E-state index in [2.05, 4.69) is 5.92 Å². The Morgan fingerprint density at radius 2 is 1.67 bits per heavy atom. The number of carbonyl (C=O) groups is 1. The maximum Gasteiger partial charge on any atom is 0.251 e. The summed E-state index contributed by atoms with van der Waals surface area (Å²) in [4.78, 5) is 19.4. The van der Waals surface area contributed by atoms with Gasteiger partial charge in [0.1, 0.15) is 0 Å². The normalized spacial score (nSPS) is 19.8. The fourth-order valence-electron chi connectivity index (χ4n) is 3.09. The lowest BCUT2D eigenvalue weighted by Gasteiger charge is -2.22. The van der Waals surface area contributed by atoms with Crippen molar-refractivity contribution in [1.82, 2.24) is 4.90 Å². The maximum atomic E-state index is 12.7. The standard InChI is InChI=1S/C21H20N2O/c1-3-14-21(15-16-23(2)20(21)24)22-19(17-10-6-4-7-11-17)18-12-8-5-9-13-18/h1,4-13H,14-16H2,2H3. The monoisotopic (exact) mass is 316 g/mol. The average molecular weight is 316 g/mol. The first-order valence-electron chi connectivity index (χ1n) is 8.06. The molecular formula is C21H20N2O. The smallest absolute Gasteiger partial charge is 0.251 e. The zero-order valence-corrected chi connectivity index (χ0v) is 13.8. The Morgan fingerprint density at radius 1 is 1.12 bits per heavy atom. The molecule has 120 valence electrons. The fourth-order valence-corrected chi connectivity index (χ4v) is 3.09. The second-order valence-electron chi connectivity index (χ2n) is 6.08. The van der Waals surface area contributed by atoms with E-state index in [9.17, 15) is 4.79 Å². The fraction of sp³-hybridized carbons (Fsp3) is 0.238. The zero-order valence-electron chi connectivity index (χ0n) is 13.8. The van der Waals surface area contributed by atoms with Crippen LogP contribution < -0.4 is 0 Å². The zero-order chi connectivity index (χ0) is 17.0. The van der Waals surface area contributed by atoms with Crippen LogP contribution in [-0.4, -0.2) is 35.7 Å². The van der Waals surface area contributed by atoms with Crippen molar-refractivity contribution in [3.05, 3.63) is 71.8 Å². The molecule has 0 saturated carbocycles. The van der Waals surface area contributed by atoms with Gasteiger partial charge in [-0.05, 0) is 0 Å². The SMILES string of the molecule is C#CCC1(N=C(c2ccccc2)c2ccccc2)CCN(C)C1=O. The van der Waals surface area contributed by atoms with Crippen molar-refractivity contribution >= 4 is 11.6 Å². The molecule has 1 amide bonds. The number of amides is 1. The third-order valence-electron chi connectivity index (χ3n) is 4.42. The molecule has 0 radical (unpaired) electrons. The number of likely N-dealkylation sites (tertiary alicyclic amines) is 1. The van der Waals surface area contributed by atoms with Crippen molar-refractivity contribution < 1.29 is 4.79 Å². The predicted molar refractivity (Wildman–Crippen MR) is 97.0 cm³/mol. The van der Waals surface area contributed by atoms with Crippen LogP contribution in [-0.2, 0) is 4.79 Å². The van der Waals surface area contributed by atoms with Crippen molar-refractivity contribution in [2.24, 2.45) is 4.99 Å². The number of terminal acetylenes is 1. The first-order valence-corrected chi connectivity index (χ1v) is 8.06. The van der Waals surface area contributed by atoms with E-state index < -0.39 is 5.54 Å². The largest absolute Gasteiger partial charge is 0.344 e. The van der Waals surface area contributed by atoms with Crippen LogP contribution >= 0.6 is 0 Å². The summed E-state index contributed by atoms with van der Waals surface area (Å²) in [6.45, 7) is 0.681. The molecule has 1 fully saturated rings. The van der Waals surface area contributed by atoms with E-state index in [4.69, 9.17) is 11.4 Å². The van der Waals surface area contributed by atoms with Crippen LogP contribution in [0.1, 0.15) is 24.0 Å². The molecule has 24 heavy (non-hydrogen) atoms. The molecule has 1 aliphatic rings. The number of aliphatic imine (C=N–C) groups is 1. The summed E-state index contributed by atoms with van der Waals surface area (Å²) >= 11 is 0. The molecule has 3 nitrogen and oxygen atoms in total. The molecular weight excluding hydrogens is 296 g/mol. The summed E-state index contributed by atoms with van der Waals surface area (Å²) in [7, 11) is 1.81. The number of carbonyl (C=O) groups excluding carboxylic acids is 1. The summed E-state index contributed by atoms with van der Waals surface area (Å²) in [6.07, 6.45) is 6.53. The number of likely N-dealkylation sites (N-methyl/N-ethyl adjacent to an activating group) is 1. The third-order valence-corrected chi connectivity index (χ3v) is 4.42. The van der Waals surface area contributed by atoms with E-state index in [-0.39, 0.29) is 5.91 Å². The lowest BCUT2D eigenvalue weighted by Crippen LogP contribution is -2.38. The Morgan fingerprint density at radius 3 is 2.08 bits per heavy atom. The summed E-state index contributed by atoms with van der Waals surface area (Å²) in [5.41, 5.74) is 1.94. The molecule has 1 atom stereocenters. The Balaban J connectivity index is 2.16. The van der Waals surface area contributed by atoms with E-state index >= 15 is 0 Å². The van der Waals surface area contributed by atoms with Gasteiger partial charge in [-0.25, -0.2) is 0 Å². The minimum absolute atomic E-state index is 0.00446. The van der Waals surface area contributed by atoms with Gasteiger partial charge >= 0.3 is 0 Å². The van der Waals surface area contributed by atoms with Crippen LogP contribution in [0.5, 0.6) is 0 Å². The van der Waals surface area contributed by atoms with Gasteiger partial charge in [-0.15, -0.1) is 12.3 Å². The van der Waals surface area contributed by atoms with Crippen molar-refractivity contribution in [3.63, 3.8) is 0 Å².